The Bertz CT molecular complexity index is 757. The molecule has 3 aliphatic rings. The van der Waals surface area contributed by atoms with Gasteiger partial charge in [0.1, 0.15) is 6.10 Å². The average Bonchev–Trinajstić information content (AvgIpc) is 3.07. The molecule has 0 radical (unpaired) electrons. The van der Waals surface area contributed by atoms with Gasteiger partial charge in [-0.05, 0) is 54.8 Å². The first-order chi connectivity index (χ1) is 17.2. The van der Waals surface area contributed by atoms with Crippen molar-refractivity contribution >= 4 is 5.91 Å². The largest absolute Gasteiger partial charge is 0.347 e. The van der Waals surface area contributed by atoms with Gasteiger partial charge in [0.15, 0.2) is 12.6 Å². The predicted molar refractivity (Wildman–Crippen MR) is 148 cm³/mol. The highest BCUT2D eigenvalue weighted by Gasteiger charge is 2.55. The summed E-state index contributed by atoms with van der Waals surface area (Å²) in [7, 11) is 1.90. The van der Waals surface area contributed by atoms with Gasteiger partial charge in [-0.2, -0.15) is 0 Å². The van der Waals surface area contributed by atoms with Crippen molar-refractivity contribution in [2.24, 2.45) is 46.8 Å². The molecule has 12 atom stereocenters. The second kappa shape index (κ2) is 11.8. The third-order valence-corrected chi connectivity index (χ3v) is 11.4. The second-order valence-electron chi connectivity index (χ2n) is 13.4. The number of hydrogen-bond acceptors (Lipinski definition) is 5. The maximum Gasteiger partial charge on any atom is 0.222 e. The molecule has 6 heteroatoms. The van der Waals surface area contributed by atoms with Crippen LogP contribution in [0, 0.1) is 46.8 Å². The van der Waals surface area contributed by atoms with E-state index in [1.165, 1.54) is 0 Å². The van der Waals surface area contributed by atoms with Crippen molar-refractivity contribution in [3.8, 4) is 0 Å². The molecule has 1 saturated carbocycles. The lowest BCUT2D eigenvalue weighted by atomic mass is 9.63. The van der Waals surface area contributed by atoms with Gasteiger partial charge in [-0.3, -0.25) is 4.79 Å². The Morgan fingerprint density at radius 1 is 0.757 bits per heavy atom. The molecule has 37 heavy (non-hydrogen) atoms. The highest BCUT2D eigenvalue weighted by atomic mass is 16.7. The van der Waals surface area contributed by atoms with Crippen LogP contribution in [0.4, 0.5) is 0 Å². The van der Waals surface area contributed by atoms with E-state index in [0.29, 0.717) is 41.9 Å². The van der Waals surface area contributed by atoms with Crippen LogP contribution in [0.25, 0.3) is 0 Å². The summed E-state index contributed by atoms with van der Waals surface area (Å²) in [4.78, 5) is 14.7. The molecule has 6 nitrogen and oxygen atoms in total. The summed E-state index contributed by atoms with van der Waals surface area (Å²) >= 11 is 0. The van der Waals surface area contributed by atoms with Crippen LogP contribution in [0.3, 0.4) is 0 Å². The van der Waals surface area contributed by atoms with Gasteiger partial charge in [0.25, 0.3) is 0 Å². The van der Waals surface area contributed by atoms with Gasteiger partial charge >= 0.3 is 0 Å². The summed E-state index contributed by atoms with van der Waals surface area (Å²) < 4.78 is 27.0. The molecule has 2 heterocycles. The summed E-state index contributed by atoms with van der Waals surface area (Å²) in [5.74, 6) is 3.37. The number of rotatable bonds is 7. The zero-order chi connectivity index (χ0) is 28.0. The molecule has 0 bridgehead atoms. The van der Waals surface area contributed by atoms with E-state index in [4.69, 9.17) is 18.9 Å². The molecule has 3 fully saturated rings. The fraction of sp³-hybridized carbons (Fsp3) is 0.968. The summed E-state index contributed by atoms with van der Waals surface area (Å²) in [5, 5.41) is 0. The quantitative estimate of drug-likeness (QED) is 0.388. The van der Waals surface area contributed by atoms with Crippen LogP contribution in [-0.4, -0.2) is 60.9 Å². The standard InChI is InChI=1S/C31H57NO5/c1-14-24-19(6)20(7)26(32(13)25(33)15-2)29(35-24)37-28-30(34-23(10)31(28,11)12)36-27-21(8)17(4)16(3)18(5)22(27)9/h16-24,26-30H,14-15H2,1-13H3. The van der Waals surface area contributed by atoms with E-state index in [9.17, 15) is 4.79 Å². The van der Waals surface area contributed by atoms with E-state index in [-0.39, 0.29) is 47.7 Å². The molecule has 0 aromatic carbocycles. The minimum absolute atomic E-state index is 0.0270. The lowest BCUT2D eigenvalue weighted by Crippen LogP contribution is -2.60. The monoisotopic (exact) mass is 523 g/mol. The second-order valence-corrected chi connectivity index (χ2v) is 13.4. The first-order valence-corrected chi connectivity index (χ1v) is 15.1. The number of carbonyl (C=O) groups is 1. The van der Waals surface area contributed by atoms with Crippen LogP contribution in [0.15, 0.2) is 0 Å². The minimum atomic E-state index is -0.528. The number of likely N-dealkylation sites (N-methyl/N-ethyl adjacent to an activating group) is 1. The van der Waals surface area contributed by atoms with Gasteiger partial charge in [-0.15, -0.1) is 0 Å². The number of ether oxygens (including phenoxy) is 4. The molecule has 216 valence electrons. The molecule has 0 N–H and O–H groups in total. The fourth-order valence-electron chi connectivity index (χ4n) is 7.24. The van der Waals surface area contributed by atoms with Gasteiger partial charge in [0.2, 0.25) is 5.91 Å². The molecule has 0 spiro atoms. The third kappa shape index (κ3) is 5.64. The van der Waals surface area contributed by atoms with Crippen molar-refractivity contribution in [1.29, 1.82) is 0 Å². The van der Waals surface area contributed by atoms with Crippen LogP contribution in [-0.2, 0) is 23.7 Å². The molecule has 1 amide bonds. The van der Waals surface area contributed by atoms with Crippen molar-refractivity contribution in [2.45, 2.75) is 139 Å². The van der Waals surface area contributed by atoms with Gasteiger partial charge < -0.3 is 23.8 Å². The lowest BCUT2D eigenvalue weighted by molar-refractivity contribution is -0.304. The Balaban J connectivity index is 1.90. The van der Waals surface area contributed by atoms with Crippen molar-refractivity contribution < 1.29 is 23.7 Å². The van der Waals surface area contributed by atoms with Crippen molar-refractivity contribution in [3.05, 3.63) is 0 Å². The topological polar surface area (TPSA) is 57.2 Å². The Morgan fingerprint density at radius 3 is 1.81 bits per heavy atom. The Kier molecular flexibility index (Phi) is 9.85. The van der Waals surface area contributed by atoms with Gasteiger partial charge in [-0.1, -0.05) is 76.2 Å². The zero-order valence-corrected chi connectivity index (χ0v) is 26.0. The molecule has 3 rings (SSSR count). The SMILES string of the molecule is CCC(=O)N(C)C1C(OC2C(OC3C(C)C(C)C(C)C(C)C3C)OC(C)C2(C)C)OC(CC)C(C)C1C. The molecule has 0 aromatic rings. The Morgan fingerprint density at radius 2 is 1.30 bits per heavy atom. The van der Waals surface area contributed by atoms with Crippen molar-refractivity contribution in [1.82, 2.24) is 4.90 Å². The molecular formula is C31H57NO5. The van der Waals surface area contributed by atoms with E-state index >= 15 is 0 Å². The van der Waals surface area contributed by atoms with E-state index in [2.05, 4.69) is 76.2 Å². The minimum Gasteiger partial charge on any atom is -0.347 e. The molecule has 12 unspecified atom stereocenters. The van der Waals surface area contributed by atoms with Crippen LogP contribution in [0.2, 0.25) is 0 Å². The van der Waals surface area contributed by atoms with E-state index in [0.717, 1.165) is 6.42 Å². The van der Waals surface area contributed by atoms with Crippen LogP contribution in [0.1, 0.15) is 95.9 Å². The summed E-state index contributed by atoms with van der Waals surface area (Å²) in [5.41, 5.74) is -0.272. The van der Waals surface area contributed by atoms with E-state index in [1.807, 2.05) is 18.9 Å². The molecule has 2 aliphatic heterocycles. The Hall–Kier alpha value is -0.690. The van der Waals surface area contributed by atoms with Gasteiger partial charge in [-0.25, -0.2) is 0 Å². The first kappa shape index (κ1) is 30.8. The zero-order valence-electron chi connectivity index (χ0n) is 26.0. The maximum atomic E-state index is 12.8. The highest BCUT2D eigenvalue weighted by Crippen LogP contribution is 2.48. The summed E-state index contributed by atoms with van der Waals surface area (Å²) in [6.07, 6.45) is 0.237. The van der Waals surface area contributed by atoms with Crippen LogP contribution < -0.4 is 0 Å². The molecular weight excluding hydrogens is 466 g/mol. The smallest absolute Gasteiger partial charge is 0.222 e. The summed E-state index contributed by atoms with van der Waals surface area (Å²) in [6.45, 7) is 26.8. The molecule has 2 saturated heterocycles. The number of hydrogen-bond donors (Lipinski definition) is 0. The molecule has 0 aromatic heterocycles. The Labute approximate surface area is 227 Å². The van der Waals surface area contributed by atoms with Gasteiger partial charge in [0.05, 0.1) is 24.4 Å². The van der Waals surface area contributed by atoms with E-state index in [1.54, 1.807) is 0 Å². The summed E-state index contributed by atoms with van der Waals surface area (Å²) in [6, 6.07) is -0.161. The fourth-order valence-corrected chi connectivity index (χ4v) is 7.24. The normalized spacial score (nSPS) is 48.1. The predicted octanol–water partition coefficient (Wildman–Crippen LogP) is 6.37. The van der Waals surface area contributed by atoms with Crippen molar-refractivity contribution in [2.75, 3.05) is 7.05 Å². The number of amides is 1. The maximum absolute atomic E-state index is 12.8. The van der Waals surface area contributed by atoms with Crippen molar-refractivity contribution in [3.63, 3.8) is 0 Å². The lowest BCUT2D eigenvalue weighted by Gasteiger charge is -2.50. The van der Waals surface area contributed by atoms with E-state index < -0.39 is 12.6 Å². The first-order valence-electron chi connectivity index (χ1n) is 15.1. The van der Waals surface area contributed by atoms with Crippen LogP contribution in [0.5, 0.6) is 0 Å². The van der Waals surface area contributed by atoms with Crippen LogP contribution >= 0.6 is 0 Å². The average molecular weight is 524 g/mol. The highest BCUT2D eigenvalue weighted by molar-refractivity contribution is 5.75. The molecule has 1 aliphatic carbocycles. The number of nitrogens with zero attached hydrogens (tertiary/aromatic N) is 1. The van der Waals surface area contributed by atoms with Gasteiger partial charge in [0, 0.05) is 18.9 Å². The number of carbonyl (C=O) groups excluding carboxylic acids is 1. The third-order valence-electron chi connectivity index (χ3n) is 11.4.